The Labute approximate surface area is 161 Å². The van der Waals surface area contributed by atoms with Crippen molar-refractivity contribution >= 4 is 35.3 Å². The van der Waals surface area contributed by atoms with E-state index in [1.807, 2.05) is 31.2 Å². The van der Waals surface area contributed by atoms with E-state index in [0.717, 1.165) is 11.3 Å². The summed E-state index contributed by atoms with van der Waals surface area (Å²) in [4.78, 5) is 36.7. The van der Waals surface area contributed by atoms with E-state index in [2.05, 4.69) is 5.32 Å². The highest BCUT2D eigenvalue weighted by molar-refractivity contribution is 8.00. The van der Waals surface area contributed by atoms with Gasteiger partial charge in [-0.2, -0.15) is 0 Å². The zero-order valence-electron chi connectivity index (χ0n) is 14.8. The first-order chi connectivity index (χ1) is 13.0. The van der Waals surface area contributed by atoms with E-state index in [0.29, 0.717) is 16.9 Å². The van der Waals surface area contributed by atoms with Crippen molar-refractivity contribution in [2.24, 2.45) is 0 Å². The van der Waals surface area contributed by atoms with Crippen molar-refractivity contribution in [3.63, 3.8) is 0 Å². The van der Waals surface area contributed by atoms with Crippen LogP contribution in [0.25, 0.3) is 0 Å². The fraction of sp³-hybridized carbons (Fsp3) is 0.250. The molecule has 0 aliphatic carbocycles. The molecule has 140 valence electrons. The number of benzene rings is 2. The van der Waals surface area contributed by atoms with Crippen LogP contribution in [0.4, 0.5) is 5.69 Å². The predicted octanol–water partition coefficient (Wildman–Crippen LogP) is 3.20. The van der Waals surface area contributed by atoms with Crippen LogP contribution in [0.5, 0.6) is 0 Å². The first-order valence-electron chi connectivity index (χ1n) is 8.49. The molecule has 0 bridgehead atoms. The average molecular weight is 385 g/mol. The molecule has 0 radical (unpaired) electrons. The van der Waals surface area contributed by atoms with Crippen molar-refractivity contribution in [1.29, 1.82) is 0 Å². The molecule has 1 N–H and O–H groups in total. The van der Waals surface area contributed by atoms with E-state index < -0.39 is 18.0 Å². The molecule has 1 aliphatic heterocycles. The second-order valence-electron chi connectivity index (χ2n) is 6.05. The Morgan fingerprint density at radius 1 is 1.19 bits per heavy atom. The third-order valence-electron chi connectivity index (χ3n) is 3.94. The van der Waals surface area contributed by atoms with Gasteiger partial charge in [-0.1, -0.05) is 29.8 Å². The molecular weight excluding hydrogens is 366 g/mol. The van der Waals surface area contributed by atoms with Gasteiger partial charge in [0.05, 0.1) is 17.9 Å². The molecule has 2 aromatic carbocycles. The standard InChI is InChI=1S/C20H19NO5S/c1-13-6-8-14(9-7-13)21-18(22)12-27-17-5-3-2-4-15(17)19(23)26-16-10-11-25-20(16)24/h2-9,16H,10-12H2,1H3,(H,21,22)/t16-/m1/s1. The number of esters is 2. The largest absolute Gasteiger partial charge is 0.463 e. The van der Waals surface area contributed by atoms with Gasteiger partial charge in [0, 0.05) is 17.0 Å². The van der Waals surface area contributed by atoms with Gasteiger partial charge >= 0.3 is 11.9 Å². The predicted molar refractivity (Wildman–Crippen MR) is 102 cm³/mol. The SMILES string of the molecule is Cc1ccc(NC(=O)CSc2ccccc2C(=O)O[C@@H]2CCOC2=O)cc1. The summed E-state index contributed by atoms with van der Waals surface area (Å²) in [6, 6.07) is 14.4. The molecule has 0 spiro atoms. The number of hydrogen-bond donors (Lipinski definition) is 1. The molecule has 0 aromatic heterocycles. The van der Waals surface area contributed by atoms with Crippen LogP contribution >= 0.6 is 11.8 Å². The Kier molecular flexibility index (Phi) is 6.13. The normalized spacial score (nSPS) is 15.9. The number of aryl methyl sites for hydroxylation is 1. The molecule has 1 aliphatic rings. The lowest BCUT2D eigenvalue weighted by Gasteiger charge is -2.11. The van der Waals surface area contributed by atoms with Crippen LogP contribution in [0.2, 0.25) is 0 Å². The minimum absolute atomic E-state index is 0.142. The van der Waals surface area contributed by atoms with Crippen molar-refractivity contribution in [2.75, 3.05) is 17.7 Å². The highest BCUT2D eigenvalue weighted by Crippen LogP contribution is 2.25. The second-order valence-corrected chi connectivity index (χ2v) is 7.07. The summed E-state index contributed by atoms with van der Waals surface area (Å²) in [5.41, 5.74) is 2.16. The van der Waals surface area contributed by atoms with Crippen LogP contribution in [0.1, 0.15) is 22.3 Å². The average Bonchev–Trinajstić information content (AvgIpc) is 3.07. The number of carbonyl (C=O) groups is 3. The first-order valence-corrected chi connectivity index (χ1v) is 9.47. The lowest BCUT2D eigenvalue weighted by molar-refractivity contribution is -0.145. The van der Waals surface area contributed by atoms with Crippen molar-refractivity contribution in [3.8, 4) is 0 Å². The van der Waals surface area contributed by atoms with Crippen molar-refractivity contribution < 1.29 is 23.9 Å². The zero-order chi connectivity index (χ0) is 19.2. The van der Waals surface area contributed by atoms with Crippen molar-refractivity contribution in [2.45, 2.75) is 24.3 Å². The molecule has 1 heterocycles. The molecule has 27 heavy (non-hydrogen) atoms. The Bertz CT molecular complexity index is 850. The number of anilines is 1. The molecule has 6 nitrogen and oxygen atoms in total. The summed E-state index contributed by atoms with van der Waals surface area (Å²) in [6.45, 7) is 2.23. The van der Waals surface area contributed by atoms with Crippen LogP contribution in [0, 0.1) is 6.92 Å². The Hall–Kier alpha value is -2.80. The van der Waals surface area contributed by atoms with Crippen LogP contribution in [0.15, 0.2) is 53.4 Å². The Morgan fingerprint density at radius 3 is 2.63 bits per heavy atom. The highest BCUT2D eigenvalue weighted by atomic mass is 32.2. The van der Waals surface area contributed by atoms with Crippen LogP contribution in [-0.2, 0) is 19.1 Å². The molecule has 1 fully saturated rings. The lowest BCUT2D eigenvalue weighted by Crippen LogP contribution is -2.23. The summed E-state index contributed by atoms with van der Waals surface area (Å²) >= 11 is 1.24. The molecule has 7 heteroatoms. The Balaban J connectivity index is 1.60. The fourth-order valence-corrected chi connectivity index (χ4v) is 3.36. The summed E-state index contributed by atoms with van der Waals surface area (Å²) in [6.07, 6.45) is -0.501. The number of nitrogens with one attached hydrogen (secondary N) is 1. The number of ether oxygens (including phenoxy) is 2. The number of cyclic esters (lactones) is 1. The first kappa shape index (κ1) is 19.0. The highest BCUT2D eigenvalue weighted by Gasteiger charge is 2.31. The third-order valence-corrected chi connectivity index (χ3v) is 5.01. The van der Waals surface area contributed by atoms with Crippen molar-refractivity contribution in [1.82, 2.24) is 0 Å². The van der Waals surface area contributed by atoms with Gasteiger partial charge in [-0.25, -0.2) is 9.59 Å². The number of carbonyl (C=O) groups excluding carboxylic acids is 3. The van der Waals surface area contributed by atoms with E-state index >= 15 is 0 Å². The van der Waals surface area contributed by atoms with E-state index in [4.69, 9.17) is 9.47 Å². The number of rotatable bonds is 6. The maximum absolute atomic E-state index is 12.4. The summed E-state index contributed by atoms with van der Waals surface area (Å²) in [7, 11) is 0. The molecule has 0 unspecified atom stereocenters. The van der Waals surface area contributed by atoms with Gasteiger partial charge < -0.3 is 14.8 Å². The summed E-state index contributed by atoms with van der Waals surface area (Å²) < 4.78 is 10.0. The van der Waals surface area contributed by atoms with Crippen molar-refractivity contribution in [3.05, 3.63) is 59.7 Å². The lowest BCUT2D eigenvalue weighted by atomic mass is 10.2. The minimum atomic E-state index is -0.861. The number of amides is 1. The minimum Gasteiger partial charge on any atom is -0.463 e. The van der Waals surface area contributed by atoms with Gasteiger partial charge in [-0.15, -0.1) is 11.8 Å². The fourth-order valence-electron chi connectivity index (χ4n) is 2.52. The van der Waals surface area contributed by atoms with E-state index in [1.165, 1.54) is 11.8 Å². The van der Waals surface area contributed by atoms with Crippen LogP contribution < -0.4 is 5.32 Å². The summed E-state index contributed by atoms with van der Waals surface area (Å²) in [5.74, 6) is -1.15. The van der Waals surface area contributed by atoms with Gasteiger partial charge in [0.15, 0.2) is 0 Å². The maximum Gasteiger partial charge on any atom is 0.347 e. The molecule has 3 rings (SSSR count). The molecule has 1 atom stereocenters. The molecular formula is C20H19NO5S. The monoisotopic (exact) mass is 385 g/mol. The number of hydrogen-bond acceptors (Lipinski definition) is 6. The topological polar surface area (TPSA) is 81.7 Å². The third kappa shape index (κ3) is 5.10. The smallest absolute Gasteiger partial charge is 0.347 e. The van der Waals surface area contributed by atoms with Crippen LogP contribution in [0.3, 0.4) is 0 Å². The van der Waals surface area contributed by atoms with Gasteiger partial charge in [0.25, 0.3) is 0 Å². The van der Waals surface area contributed by atoms with E-state index in [1.54, 1.807) is 24.3 Å². The molecule has 1 amide bonds. The van der Waals surface area contributed by atoms with E-state index in [-0.39, 0.29) is 18.3 Å². The van der Waals surface area contributed by atoms with Gasteiger partial charge in [-0.05, 0) is 31.2 Å². The summed E-state index contributed by atoms with van der Waals surface area (Å²) in [5, 5.41) is 2.82. The van der Waals surface area contributed by atoms with Gasteiger partial charge in [0.2, 0.25) is 12.0 Å². The maximum atomic E-state index is 12.4. The Morgan fingerprint density at radius 2 is 1.93 bits per heavy atom. The van der Waals surface area contributed by atoms with E-state index in [9.17, 15) is 14.4 Å². The van der Waals surface area contributed by atoms with Gasteiger partial charge in [0.1, 0.15) is 0 Å². The zero-order valence-corrected chi connectivity index (χ0v) is 15.6. The van der Waals surface area contributed by atoms with Gasteiger partial charge in [-0.3, -0.25) is 4.79 Å². The quantitative estimate of drug-likeness (QED) is 0.607. The number of thioether (sulfide) groups is 1. The van der Waals surface area contributed by atoms with Crippen LogP contribution in [-0.4, -0.2) is 36.3 Å². The second kappa shape index (κ2) is 8.73. The molecule has 0 saturated carbocycles. The molecule has 1 saturated heterocycles. The molecule has 2 aromatic rings.